The predicted octanol–water partition coefficient (Wildman–Crippen LogP) is 6.90. The number of nitrogens with zero attached hydrogens (tertiary/aromatic N) is 3. The van der Waals surface area contributed by atoms with Crippen LogP contribution in [0.4, 0.5) is 5.13 Å². The number of aryl methyl sites for hydroxylation is 1. The summed E-state index contributed by atoms with van der Waals surface area (Å²) in [5.74, 6) is -0.327. The second kappa shape index (κ2) is 7.30. The van der Waals surface area contributed by atoms with Crippen LogP contribution in [0.25, 0.3) is 31.0 Å². The zero-order valence-electron chi connectivity index (χ0n) is 14.7. The maximum absolute atomic E-state index is 12.7. The number of fused-ring (bicyclic) bond motifs is 3. The molecule has 10 heteroatoms. The summed E-state index contributed by atoms with van der Waals surface area (Å²) in [7, 11) is 0. The number of rotatable bonds is 3. The molecule has 0 radical (unpaired) electrons. The molecule has 0 aliphatic carbocycles. The molecule has 0 bridgehead atoms. The van der Waals surface area contributed by atoms with Crippen molar-refractivity contribution in [1.82, 2.24) is 15.0 Å². The van der Waals surface area contributed by atoms with Crippen molar-refractivity contribution in [3.63, 3.8) is 0 Å². The maximum atomic E-state index is 12.7. The number of thiazole rings is 3. The fraction of sp³-hybridized carbons (Fsp3) is 0.0526. The van der Waals surface area contributed by atoms with Crippen molar-refractivity contribution in [2.24, 2.45) is 0 Å². The number of amides is 1. The van der Waals surface area contributed by atoms with E-state index in [1.807, 2.05) is 19.1 Å². The topological polar surface area (TPSA) is 67.8 Å². The Morgan fingerprint density at radius 3 is 2.41 bits per heavy atom. The summed E-state index contributed by atoms with van der Waals surface area (Å²) in [6.45, 7) is 1.98. The zero-order valence-corrected chi connectivity index (χ0v) is 18.7. The molecular formula is C19H10Cl2N4OS3. The first-order valence-corrected chi connectivity index (χ1v) is 11.6. The van der Waals surface area contributed by atoms with Crippen LogP contribution < -0.4 is 5.32 Å². The average molecular weight is 477 g/mol. The largest absolute Gasteiger partial charge is 0.296 e. The number of aromatic nitrogens is 3. The van der Waals surface area contributed by atoms with E-state index in [9.17, 15) is 4.79 Å². The molecule has 5 aromatic rings. The minimum absolute atomic E-state index is 0.291. The van der Waals surface area contributed by atoms with E-state index in [1.165, 1.54) is 22.7 Å². The highest BCUT2D eigenvalue weighted by Gasteiger charge is 2.18. The Kier molecular flexibility index (Phi) is 4.76. The normalized spacial score (nSPS) is 11.4. The number of hydrogen-bond donors (Lipinski definition) is 1. The molecule has 5 nitrogen and oxygen atoms in total. The maximum Gasteiger partial charge on any atom is 0.276 e. The number of carbonyl (C=O) groups is 1. The van der Waals surface area contributed by atoms with E-state index in [-0.39, 0.29) is 5.91 Å². The molecule has 1 amide bonds. The molecule has 3 heterocycles. The Balaban J connectivity index is 1.45. The number of anilines is 1. The Hall–Kier alpha value is -2.10. The zero-order chi connectivity index (χ0) is 20.1. The van der Waals surface area contributed by atoms with Gasteiger partial charge >= 0.3 is 0 Å². The van der Waals surface area contributed by atoms with Gasteiger partial charge in [-0.15, -0.1) is 22.7 Å². The van der Waals surface area contributed by atoms with Crippen molar-refractivity contribution in [1.29, 1.82) is 0 Å². The van der Waals surface area contributed by atoms with Crippen molar-refractivity contribution in [3.8, 4) is 10.6 Å². The molecule has 29 heavy (non-hydrogen) atoms. The summed E-state index contributed by atoms with van der Waals surface area (Å²) in [4.78, 5) is 26.1. The summed E-state index contributed by atoms with van der Waals surface area (Å²) >= 11 is 16.9. The lowest BCUT2D eigenvalue weighted by molar-refractivity contribution is 0.102. The molecule has 0 spiro atoms. The SMILES string of the molecule is Cc1nc2ccc3nc(NC(=O)c4csc(-c5c(Cl)cccc5Cl)n4)sc3c2s1. The first-order valence-electron chi connectivity index (χ1n) is 8.37. The monoisotopic (exact) mass is 476 g/mol. The molecule has 0 atom stereocenters. The Bertz CT molecular complexity index is 1390. The van der Waals surface area contributed by atoms with E-state index in [2.05, 4.69) is 20.3 Å². The minimum atomic E-state index is -0.327. The van der Waals surface area contributed by atoms with Gasteiger partial charge in [0.2, 0.25) is 0 Å². The number of carbonyl (C=O) groups excluding carboxylic acids is 1. The van der Waals surface area contributed by atoms with Gasteiger partial charge in [-0.05, 0) is 31.2 Å². The van der Waals surface area contributed by atoms with Crippen LogP contribution in [-0.4, -0.2) is 20.9 Å². The highest BCUT2D eigenvalue weighted by Crippen LogP contribution is 2.37. The Morgan fingerprint density at radius 2 is 1.66 bits per heavy atom. The van der Waals surface area contributed by atoms with Crippen LogP contribution in [0.15, 0.2) is 35.7 Å². The van der Waals surface area contributed by atoms with Crippen LogP contribution in [0.5, 0.6) is 0 Å². The Labute approximate surface area is 187 Å². The highest BCUT2D eigenvalue weighted by molar-refractivity contribution is 7.28. The number of hydrogen-bond acceptors (Lipinski definition) is 7. The fourth-order valence-corrected chi connectivity index (χ4v) is 6.46. The van der Waals surface area contributed by atoms with Crippen molar-refractivity contribution < 1.29 is 4.79 Å². The summed E-state index contributed by atoms with van der Waals surface area (Å²) in [6.07, 6.45) is 0. The molecule has 144 valence electrons. The van der Waals surface area contributed by atoms with Gasteiger partial charge in [-0.1, -0.05) is 40.6 Å². The molecule has 0 unspecified atom stereocenters. The number of halogens is 2. The third-order valence-electron chi connectivity index (χ3n) is 4.15. The minimum Gasteiger partial charge on any atom is -0.296 e. The van der Waals surface area contributed by atoms with Gasteiger partial charge in [-0.2, -0.15) is 0 Å². The molecule has 0 aliphatic heterocycles. The standard InChI is InChI=1S/C19H10Cl2N4OS3/c1-8-22-11-5-6-12-16(15(11)28-8)29-19(24-12)25-17(26)13-7-27-18(23-13)14-9(20)3-2-4-10(14)21/h2-7H,1H3,(H,24,25,26). The first-order chi connectivity index (χ1) is 14.0. The van der Waals surface area contributed by atoms with Gasteiger partial charge in [0.15, 0.2) is 5.13 Å². The molecule has 0 fully saturated rings. The highest BCUT2D eigenvalue weighted by atomic mass is 35.5. The summed E-state index contributed by atoms with van der Waals surface area (Å²) in [5.41, 5.74) is 2.70. The molecular weight excluding hydrogens is 467 g/mol. The molecule has 0 saturated carbocycles. The van der Waals surface area contributed by atoms with E-state index >= 15 is 0 Å². The van der Waals surface area contributed by atoms with E-state index < -0.39 is 0 Å². The van der Waals surface area contributed by atoms with Gasteiger partial charge in [-0.25, -0.2) is 15.0 Å². The lowest BCUT2D eigenvalue weighted by Gasteiger charge is -2.02. The summed E-state index contributed by atoms with van der Waals surface area (Å²) in [6, 6.07) is 9.12. The van der Waals surface area contributed by atoms with Crippen molar-refractivity contribution in [3.05, 3.63) is 56.5 Å². The second-order valence-corrected chi connectivity index (χ2v) is 9.98. The van der Waals surface area contributed by atoms with E-state index in [1.54, 1.807) is 34.9 Å². The van der Waals surface area contributed by atoms with Gasteiger partial charge in [-0.3, -0.25) is 10.1 Å². The van der Waals surface area contributed by atoms with Crippen LogP contribution in [-0.2, 0) is 0 Å². The number of benzene rings is 2. The van der Waals surface area contributed by atoms with Crippen LogP contribution in [0.3, 0.4) is 0 Å². The number of nitrogens with one attached hydrogen (secondary N) is 1. The van der Waals surface area contributed by atoms with Crippen molar-refractivity contribution in [2.75, 3.05) is 5.32 Å². The second-order valence-electron chi connectivity index (χ2n) is 6.10. The summed E-state index contributed by atoms with van der Waals surface area (Å²) < 4.78 is 2.10. The molecule has 0 aliphatic rings. The average Bonchev–Trinajstić information content (AvgIpc) is 3.38. The molecule has 1 N–H and O–H groups in total. The smallest absolute Gasteiger partial charge is 0.276 e. The third kappa shape index (κ3) is 3.41. The van der Waals surface area contributed by atoms with E-state index in [4.69, 9.17) is 23.2 Å². The van der Waals surface area contributed by atoms with Crippen LogP contribution >= 0.6 is 57.2 Å². The van der Waals surface area contributed by atoms with Crippen molar-refractivity contribution >= 4 is 88.7 Å². The fourth-order valence-electron chi connectivity index (χ4n) is 2.89. The van der Waals surface area contributed by atoms with Gasteiger partial charge in [0, 0.05) is 10.9 Å². The predicted molar refractivity (Wildman–Crippen MR) is 123 cm³/mol. The quantitative estimate of drug-likeness (QED) is 0.307. The van der Waals surface area contributed by atoms with Gasteiger partial charge in [0.25, 0.3) is 5.91 Å². The van der Waals surface area contributed by atoms with Crippen molar-refractivity contribution in [2.45, 2.75) is 6.92 Å². The third-order valence-corrected chi connectivity index (χ3v) is 7.78. The lowest BCUT2D eigenvalue weighted by Crippen LogP contribution is -2.11. The lowest BCUT2D eigenvalue weighted by atomic mass is 10.2. The van der Waals surface area contributed by atoms with Gasteiger partial charge in [0.05, 0.1) is 35.5 Å². The van der Waals surface area contributed by atoms with Crippen LogP contribution in [0.1, 0.15) is 15.5 Å². The summed E-state index contributed by atoms with van der Waals surface area (Å²) in [5, 5.41) is 7.63. The Morgan fingerprint density at radius 1 is 0.966 bits per heavy atom. The van der Waals surface area contributed by atoms with Crippen LogP contribution in [0, 0.1) is 6.92 Å². The van der Waals surface area contributed by atoms with E-state index in [0.29, 0.717) is 31.4 Å². The molecule has 5 rings (SSSR count). The van der Waals surface area contributed by atoms with Gasteiger partial charge < -0.3 is 0 Å². The molecule has 3 aromatic heterocycles. The van der Waals surface area contributed by atoms with E-state index in [0.717, 1.165) is 25.4 Å². The van der Waals surface area contributed by atoms with Gasteiger partial charge in [0.1, 0.15) is 10.7 Å². The molecule has 0 saturated heterocycles. The van der Waals surface area contributed by atoms with Crippen LogP contribution in [0.2, 0.25) is 10.0 Å². The first kappa shape index (κ1) is 18.9. The molecule has 2 aromatic carbocycles.